The zero-order valence-electron chi connectivity index (χ0n) is 10.2. The highest BCUT2D eigenvalue weighted by atomic mass is 79.9. The van der Waals surface area contributed by atoms with E-state index in [1.54, 1.807) is 21.8 Å². The van der Waals surface area contributed by atoms with Crippen LogP contribution < -0.4 is 5.32 Å². The molecule has 1 N–H and O–H groups in total. The molecule has 0 unspecified atom stereocenters. The number of nitrogens with one attached hydrogen (secondary N) is 1. The van der Waals surface area contributed by atoms with Crippen molar-refractivity contribution < 1.29 is 4.79 Å². The average Bonchev–Trinajstić information content (AvgIpc) is 2.83. The number of rotatable bonds is 4. The Morgan fingerprint density at radius 1 is 1.50 bits per heavy atom. The molecule has 0 radical (unpaired) electrons. The highest BCUT2D eigenvalue weighted by Crippen LogP contribution is 2.12. The summed E-state index contributed by atoms with van der Waals surface area (Å²) < 4.78 is 4.31. The molecule has 0 saturated heterocycles. The van der Waals surface area contributed by atoms with Crippen molar-refractivity contribution in [3.8, 4) is 0 Å². The predicted molar refractivity (Wildman–Crippen MR) is 71.1 cm³/mol. The number of amides is 1. The van der Waals surface area contributed by atoms with Crippen molar-refractivity contribution in [1.82, 2.24) is 19.6 Å². The molecule has 96 valence electrons. The molecule has 0 saturated carbocycles. The van der Waals surface area contributed by atoms with Crippen LogP contribution in [0.1, 0.15) is 12.1 Å². The first-order valence-corrected chi connectivity index (χ1v) is 6.32. The van der Waals surface area contributed by atoms with Crippen LogP contribution in [0, 0.1) is 6.92 Å². The third-order valence-electron chi connectivity index (χ3n) is 2.46. The average molecular weight is 312 g/mol. The van der Waals surface area contributed by atoms with Crippen LogP contribution in [-0.4, -0.2) is 25.5 Å². The summed E-state index contributed by atoms with van der Waals surface area (Å²) in [5, 5.41) is 11.1. The Morgan fingerprint density at radius 2 is 2.28 bits per heavy atom. The van der Waals surface area contributed by atoms with E-state index >= 15 is 0 Å². The summed E-state index contributed by atoms with van der Waals surface area (Å²) >= 11 is 3.31. The molecule has 0 aliphatic carbocycles. The fourth-order valence-corrected chi connectivity index (χ4v) is 1.94. The van der Waals surface area contributed by atoms with Crippen LogP contribution >= 0.6 is 15.9 Å². The number of hydrogen-bond donors (Lipinski definition) is 1. The molecule has 1 amide bonds. The van der Waals surface area contributed by atoms with Gasteiger partial charge in [0.15, 0.2) is 0 Å². The lowest BCUT2D eigenvalue weighted by Crippen LogP contribution is -2.14. The molecule has 6 nitrogen and oxygen atoms in total. The maximum Gasteiger partial charge on any atom is 0.226 e. The van der Waals surface area contributed by atoms with Gasteiger partial charge in [0.1, 0.15) is 0 Å². The second-order valence-electron chi connectivity index (χ2n) is 4.02. The number of hydrogen-bond acceptors (Lipinski definition) is 3. The van der Waals surface area contributed by atoms with E-state index in [1.807, 2.05) is 20.2 Å². The van der Waals surface area contributed by atoms with Gasteiger partial charge in [-0.1, -0.05) is 0 Å². The lowest BCUT2D eigenvalue weighted by molar-refractivity contribution is -0.116. The quantitative estimate of drug-likeness (QED) is 0.935. The Kier molecular flexibility index (Phi) is 3.81. The molecular weight excluding hydrogens is 298 g/mol. The van der Waals surface area contributed by atoms with Gasteiger partial charge in [0, 0.05) is 32.4 Å². The number of aromatic nitrogens is 4. The fraction of sp³-hybridized carbons (Fsp3) is 0.364. The van der Waals surface area contributed by atoms with E-state index in [2.05, 4.69) is 31.4 Å². The van der Waals surface area contributed by atoms with Crippen molar-refractivity contribution in [3.63, 3.8) is 0 Å². The maximum atomic E-state index is 11.8. The Bertz CT molecular complexity index is 560. The summed E-state index contributed by atoms with van der Waals surface area (Å²) in [6, 6.07) is 0. The van der Waals surface area contributed by atoms with Gasteiger partial charge in [-0.3, -0.25) is 14.2 Å². The van der Waals surface area contributed by atoms with Crippen molar-refractivity contribution in [2.45, 2.75) is 19.9 Å². The predicted octanol–water partition coefficient (Wildman–Crippen LogP) is 1.72. The lowest BCUT2D eigenvalue weighted by atomic mass is 10.3. The van der Waals surface area contributed by atoms with Crippen LogP contribution in [0.2, 0.25) is 0 Å². The van der Waals surface area contributed by atoms with Crippen LogP contribution in [0.3, 0.4) is 0 Å². The molecule has 18 heavy (non-hydrogen) atoms. The molecule has 7 heteroatoms. The molecule has 2 heterocycles. The number of halogens is 1. The van der Waals surface area contributed by atoms with Crippen LogP contribution in [0.15, 0.2) is 23.1 Å². The molecule has 0 atom stereocenters. The summed E-state index contributed by atoms with van der Waals surface area (Å²) in [6.45, 7) is 2.41. The van der Waals surface area contributed by atoms with Gasteiger partial charge < -0.3 is 5.32 Å². The van der Waals surface area contributed by atoms with Crippen LogP contribution in [-0.2, 0) is 18.4 Å². The van der Waals surface area contributed by atoms with Gasteiger partial charge in [0.2, 0.25) is 5.91 Å². The minimum Gasteiger partial charge on any atom is -0.323 e. The van der Waals surface area contributed by atoms with Crippen LogP contribution in [0.4, 0.5) is 5.69 Å². The molecule has 0 bridgehead atoms. The Balaban J connectivity index is 1.87. The Morgan fingerprint density at radius 3 is 2.83 bits per heavy atom. The van der Waals surface area contributed by atoms with Gasteiger partial charge in [-0.15, -0.1) is 0 Å². The van der Waals surface area contributed by atoms with Crippen molar-refractivity contribution in [2.24, 2.45) is 7.05 Å². The lowest BCUT2D eigenvalue weighted by Gasteiger charge is -2.03. The fourth-order valence-electron chi connectivity index (χ4n) is 1.61. The van der Waals surface area contributed by atoms with Crippen LogP contribution in [0.25, 0.3) is 0 Å². The highest BCUT2D eigenvalue weighted by Gasteiger charge is 2.08. The molecule has 0 aliphatic rings. The molecule has 0 aromatic carbocycles. The summed E-state index contributed by atoms with van der Waals surface area (Å²) in [6.07, 6.45) is 5.70. The number of carbonyl (C=O) groups is 1. The number of nitrogens with zero attached hydrogens (tertiary/aromatic N) is 4. The molecule has 0 spiro atoms. The number of carbonyl (C=O) groups excluding carboxylic acids is 1. The topological polar surface area (TPSA) is 64.7 Å². The molecule has 2 aromatic rings. The maximum absolute atomic E-state index is 11.8. The first-order chi connectivity index (χ1) is 8.54. The van der Waals surface area contributed by atoms with E-state index in [4.69, 9.17) is 0 Å². The van der Waals surface area contributed by atoms with Gasteiger partial charge in [0.05, 0.1) is 22.1 Å². The smallest absolute Gasteiger partial charge is 0.226 e. The third-order valence-corrected chi connectivity index (χ3v) is 2.87. The van der Waals surface area contributed by atoms with Crippen molar-refractivity contribution in [2.75, 3.05) is 5.32 Å². The van der Waals surface area contributed by atoms with E-state index < -0.39 is 0 Å². The van der Waals surface area contributed by atoms with Gasteiger partial charge in [-0.25, -0.2) is 0 Å². The van der Waals surface area contributed by atoms with Crippen molar-refractivity contribution >= 4 is 27.5 Å². The second kappa shape index (κ2) is 5.34. The molecule has 2 aromatic heterocycles. The Labute approximate surface area is 113 Å². The molecule has 0 aliphatic heterocycles. The normalized spacial score (nSPS) is 10.6. The van der Waals surface area contributed by atoms with Gasteiger partial charge in [-0.2, -0.15) is 10.2 Å². The summed E-state index contributed by atoms with van der Waals surface area (Å²) in [5.41, 5.74) is 1.57. The van der Waals surface area contributed by atoms with E-state index in [0.29, 0.717) is 13.0 Å². The minimum absolute atomic E-state index is 0.0438. The number of anilines is 1. The highest BCUT2D eigenvalue weighted by molar-refractivity contribution is 9.10. The second-order valence-corrected chi connectivity index (χ2v) is 4.94. The summed E-state index contributed by atoms with van der Waals surface area (Å²) in [7, 11) is 1.82. The van der Waals surface area contributed by atoms with Gasteiger partial charge in [-0.05, 0) is 22.9 Å². The first-order valence-electron chi connectivity index (χ1n) is 5.52. The SMILES string of the molecule is Cc1nn(C)cc1NC(=O)CCn1cc(Br)cn1. The molecule has 0 fully saturated rings. The van der Waals surface area contributed by atoms with Crippen molar-refractivity contribution in [1.29, 1.82) is 0 Å². The van der Waals surface area contributed by atoms with Gasteiger partial charge in [0.25, 0.3) is 0 Å². The zero-order chi connectivity index (χ0) is 13.1. The summed E-state index contributed by atoms with van der Waals surface area (Å²) in [4.78, 5) is 11.8. The van der Waals surface area contributed by atoms with E-state index in [9.17, 15) is 4.79 Å². The van der Waals surface area contributed by atoms with E-state index in [1.165, 1.54) is 0 Å². The number of aryl methyl sites for hydroxylation is 3. The monoisotopic (exact) mass is 311 g/mol. The zero-order valence-corrected chi connectivity index (χ0v) is 11.8. The Hall–Kier alpha value is -1.63. The largest absolute Gasteiger partial charge is 0.323 e. The standard InChI is InChI=1S/C11H14BrN5O/c1-8-10(7-16(2)15-8)14-11(18)3-4-17-6-9(12)5-13-17/h5-7H,3-4H2,1-2H3,(H,14,18). The van der Waals surface area contributed by atoms with Crippen LogP contribution in [0.5, 0.6) is 0 Å². The molecular formula is C11H14BrN5O. The van der Waals surface area contributed by atoms with Crippen molar-refractivity contribution in [3.05, 3.63) is 28.8 Å². The van der Waals surface area contributed by atoms with Gasteiger partial charge >= 0.3 is 0 Å². The van der Waals surface area contributed by atoms with E-state index in [0.717, 1.165) is 15.9 Å². The third kappa shape index (κ3) is 3.19. The first kappa shape index (κ1) is 12.8. The minimum atomic E-state index is -0.0438. The molecule has 2 rings (SSSR count). The summed E-state index contributed by atoms with van der Waals surface area (Å²) in [5.74, 6) is -0.0438. The van der Waals surface area contributed by atoms with E-state index in [-0.39, 0.29) is 5.91 Å².